The van der Waals surface area contributed by atoms with Gasteiger partial charge in [0.25, 0.3) is 5.91 Å². The third-order valence-corrected chi connectivity index (χ3v) is 5.08. The number of aryl methyl sites for hydroxylation is 1. The zero-order valence-electron chi connectivity index (χ0n) is 15.4. The second kappa shape index (κ2) is 9.33. The molecule has 2 atom stereocenters. The molecule has 0 bridgehead atoms. The van der Waals surface area contributed by atoms with Crippen molar-refractivity contribution in [1.82, 2.24) is 10.2 Å². The largest absolute Gasteiger partial charge is 0.396 e. The van der Waals surface area contributed by atoms with E-state index in [1.54, 1.807) is 17.0 Å². The van der Waals surface area contributed by atoms with Crippen LogP contribution in [0.4, 0.5) is 0 Å². The molecule has 0 radical (unpaired) electrons. The topological polar surface area (TPSA) is 69.6 Å². The van der Waals surface area contributed by atoms with Crippen LogP contribution in [-0.2, 0) is 11.2 Å². The Hall–Kier alpha value is -2.66. The Labute approximate surface area is 160 Å². The summed E-state index contributed by atoms with van der Waals surface area (Å²) in [4.78, 5) is 26.7. The number of benzene rings is 2. The van der Waals surface area contributed by atoms with E-state index in [4.69, 9.17) is 0 Å². The second-order valence-electron chi connectivity index (χ2n) is 7.03. The van der Waals surface area contributed by atoms with Gasteiger partial charge in [-0.3, -0.25) is 9.59 Å². The van der Waals surface area contributed by atoms with E-state index < -0.39 is 0 Å². The minimum absolute atomic E-state index is 0.0481. The number of rotatable bonds is 7. The molecule has 0 unspecified atom stereocenters. The highest BCUT2D eigenvalue weighted by molar-refractivity contribution is 5.94. The van der Waals surface area contributed by atoms with Gasteiger partial charge in [-0.15, -0.1) is 0 Å². The van der Waals surface area contributed by atoms with E-state index >= 15 is 0 Å². The molecule has 142 valence electrons. The molecule has 2 N–H and O–H groups in total. The Morgan fingerprint density at radius 2 is 1.67 bits per heavy atom. The summed E-state index contributed by atoms with van der Waals surface area (Å²) in [7, 11) is 0. The van der Waals surface area contributed by atoms with Gasteiger partial charge in [-0.2, -0.15) is 0 Å². The fraction of sp³-hybridized carbons (Fsp3) is 0.364. The van der Waals surface area contributed by atoms with Crippen molar-refractivity contribution < 1.29 is 14.7 Å². The van der Waals surface area contributed by atoms with Crippen molar-refractivity contribution in [2.24, 2.45) is 5.92 Å². The molecule has 2 aromatic rings. The zero-order valence-corrected chi connectivity index (χ0v) is 15.4. The van der Waals surface area contributed by atoms with Crippen LogP contribution in [0.5, 0.6) is 0 Å². The number of aliphatic hydroxyl groups excluding tert-OH is 1. The molecule has 1 aliphatic rings. The first-order valence-corrected chi connectivity index (χ1v) is 9.46. The summed E-state index contributed by atoms with van der Waals surface area (Å²) in [6.07, 6.45) is 2.15. The number of carbonyl (C=O) groups is 2. The Balaban J connectivity index is 1.50. The molecule has 5 nitrogen and oxygen atoms in total. The zero-order chi connectivity index (χ0) is 19.1. The number of likely N-dealkylation sites (tertiary alicyclic amines) is 1. The first kappa shape index (κ1) is 19.1. The molecule has 0 spiro atoms. The fourth-order valence-electron chi connectivity index (χ4n) is 3.51. The summed E-state index contributed by atoms with van der Waals surface area (Å²) in [6.45, 7) is 0.891. The quantitative estimate of drug-likeness (QED) is 0.790. The van der Waals surface area contributed by atoms with Crippen molar-refractivity contribution in [3.8, 4) is 0 Å². The molecule has 5 heteroatoms. The minimum atomic E-state index is -0.222. The van der Waals surface area contributed by atoms with Gasteiger partial charge in [0, 0.05) is 37.6 Å². The normalized spacial score (nSPS) is 19.1. The maximum Gasteiger partial charge on any atom is 0.251 e. The standard InChI is InChI=1S/C22H26N2O3/c25-16-19-14-24(21(26)13-7-10-17-8-3-1-4-9-17)15-20(19)23-22(27)18-11-5-2-6-12-18/h1-6,8-9,11-12,19-20,25H,7,10,13-16H2,(H,23,27)/t19-,20+/m0/s1. The van der Waals surface area contributed by atoms with Crippen molar-refractivity contribution in [3.05, 3.63) is 71.8 Å². The van der Waals surface area contributed by atoms with E-state index in [1.807, 2.05) is 36.4 Å². The van der Waals surface area contributed by atoms with E-state index in [0.29, 0.717) is 25.1 Å². The molecular formula is C22H26N2O3. The van der Waals surface area contributed by atoms with Gasteiger partial charge in [0.1, 0.15) is 0 Å². The number of nitrogens with one attached hydrogen (secondary N) is 1. The van der Waals surface area contributed by atoms with Crippen molar-refractivity contribution in [2.45, 2.75) is 25.3 Å². The molecule has 1 heterocycles. The molecule has 1 fully saturated rings. The first-order valence-electron chi connectivity index (χ1n) is 9.46. The lowest BCUT2D eigenvalue weighted by atomic mass is 10.0. The van der Waals surface area contributed by atoms with Gasteiger partial charge in [-0.1, -0.05) is 48.5 Å². The van der Waals surface area contributed by atoms with Crippen LogP contribution in [0.2, 0.25) is 0 Å². The molecule has 1 saturated heterocycles. The molecule has 1 aliphatic heterocycles. The van der Waals surface area contributed by atoms with Gasteiger partial charge in [0.05, 0.1) is 6.04 Å². The van der Waals surface area contributed by atoms with Gasteiger partial charge in [0.15, 0.2) is 0 Å². The molecule has 27 heavy (non-hydrogen) atoms. The minimum Gasteiger partial charge on any atom is -0.396 e. The Morgan fingerprint density at radius 1 is 1.00 bits per heavy atom. The van der Waals surface area contributed by atoms with Gasteiger partial charge < -0.3 is 15.3 Å². The highest BCUT2D eigenvalue weighted by atomic mass is 16.3. The lowest BCUT2D eigenvalue weighted by Gasteiger charge is -2.18. The van der Waals surface area contributed by atoms with Crippen molar-refractivity contribution in [2.75, 3.05) is 19.7 Å². The molecular weight excluding hydrogens is 340 g/mol. The first-order chi connectivity index (χ1) is 13.2. The van der Waals surface area contributed by atoms with E-state index in [2.05, 4.69) is 17.4 Å². The SMILES string of the molecule is O=C(N[C@@H]1CN(C(=O)CCCc2ccccc2)C[C@H]1CO)c1ccccc1. The summed E-state index contributed by atoms with van der Waals surface area (Å²) < 4.78 is 0. The van der Waals surface area contributed by atoms with Gasteiger partial charge in [0.2, 0.25) is 5.91 Å². The smallest absolute Gasteiger partial charge is 0.251 e. The van der Waals surface area contributed by atoms with Crippen molar-refractivity contribution in [3.63, 3.8) is 0 Å². The third-order valence-electron chi connectivity index (χ3n) is 5.08. The Bertz CT molecular complexity index is 749. The van der Waals surface area contributed by atoms with E-state index in [9.17, 15) is 14.7 Å². The third kappa shape index (κ3) is 5.17. The van der Waals surface area contributed by atoms with Crippen LogP contribution in [-0.4, -0.2) is 47.6 Å². The number of hydrogen-bond acceptors (Lipinski definition) is 3. The van der Waals surface area contributed by atoms with E-state index in [-0.39, 0.29) is 30.4 Å². The van der Waals surface area contributed by atoms with Crippen LogP contribution in [0.25, 0.3) is 0 Å². The fourth-order valence-corrected chi connectivity index (χ4v) is 3.51. The van der Waals surface area contributed by atoms with Crippen LogP contribution in [0.3, 0.4) is 0 Å². The highest BCUT2D eigenvalue weighted by Gasteiger charge is 2.35. The second-order valence-corrected chi connectivity index (χ2v) is 7.03. The number of amides is 2. The lowest BCUT2D eigenvalue weighted by Crippen LogP contribution is -2.41. The number of aliphatic hydroxyl groups is 1. The average molecular weight is 366 g/mol. The number of nitrogens with zero attached hydrogens (tertiary/aromatic N) is 1. The summed E-state index contributed by atoms with van der Waals surface area (Å²) in [5.41, 5.74) is 1.81. The maximum absolute atomic E-state index is 12.5. The van der Waals surface area contributed by atoms with E-state index in [1.165, 1.54) is 5.56 Å². The molecule has 0 saturated carbocycles. The Kier molecular flexibility index (Phi) is 6.60. The van der Waals surface area contributed by atoms with Gasteiger partial charge in [-0.05, 0) is 30.5 Å². The van der Waals surface area contributed by atoms with Gasteiger partial charge >= 0.3 is 0 Å². The molecule has 0 aromatic heterocycles. The van der Waals surface area contributed by atoms with Crippen LogP contribution in [0, 0.1) is 5.92 Å². The summed E-state index contributed by atoms with van der Waals surface area (Å²) in [5.74, 6) is -0.214. The molecule has 3 rings (SSSR count). The maximum atomic E-state index is 12.5. The Morgan fingerprint density at radius 3 is 2.33 bits per heavy atom. The summed E-state index contributed by atoms with van der Waals surface area (Å²) in [5, 5.41) is 12.6. The monoisotopic (exact) mass is 366 g/mol. The predicted octanol–water partition coefficient (Wildman–Crippen LogP) is 2.26. The van der Waals surface area contributed by atoms with Crippen LogP contribution in [0.1, 0.15) is 28.8 Å². The van der Waals surface area contributed by atoms with Crippen LogP contribution >= 0.6 is 0 Å². The molecule has 0 aliphatic carbocycles. The van der Waals surface area contributed by atoms with Crippen molar-refractivity contribution in [1.29, 1.82) is 0 Å². The molecule has 2 aromatic carbocycles. The molecule has 2 amide bonds. The van der Waals surface area contributed by atoms with Crippen LogP contribution < -0.4 is 5.32 Å². The summed E-state index contributed by atoms with van der Waals surface area (Å²) in [6, 6.07) is 18.9. The van der Waals surface area contributed by atoms with Crippen LogP contribution in [0.15, 0.2) is 60.7 Å². The number of carbonyl (C=O) groups excluding carboxylic acids is 2. The highest BCUT2D eigenvalue weighted by Crippen LogP contribution is 2.19. The van der Waals surface area contributed by atoms with Crippen molar-refractivity contribution >= 4 is 11.8 Å². The predicted molar refractivity (Wildman–Crippen MR) is 104 cm³/mol. The van der Waals surface area contributed by atoms with E-state index in [0.717, 1.165) is 12.8 Å². The summed E-state index contributed by atoms with van der Waals surface area (Å²) >= 11 is 0. The number of hydrogen-bond donors (Lipinski definition) is 2. The van der Waals surface area contributed by atoms with Gasteiger partial charge in [-0.25, -0.2) is 0 Å². The lowest BCUT2D eigenvalue weighted by molar-refractivity contribution is -0.130. The average Bonchev–Trinajstić information content (AvgIpc) is 3.12.